The van der Waals surface area contributed by atoms with Gasteiger partial charge < -0.3 is 10.1 Å². The topological polar surface area (TPSA) is 84.5 Å². The molecule has 134 valence electrons. The second kappa shape index (κ2) is 7.55. The summed E-state index contributed by atoms with van der Waals surface area (Å²) in [4.78, 5) is 11.9. The van der Waals surface area contributed by atoms with Crippen LogP contribution in [-0.2, 0) is 27.6 Å². The average molecular weight is 380 g/mol. The van der Waals surface area contributed by atoms with Crippen LogP contribution in [0.25, 0.3) is 0 Å². The van der Waals surface area contributed by atoms with Crippen LogP contribution in [0, 0.1) is 0 Å². The van der Waals surface area contributed by atoms with Crippen LogP contribution in [0.15, 0.2) is 40.6 Å². The summed E-state index contributed by atoms with van der Waals surface area (Å²) < 4.78 is 32.4. The van der Waals surface area contributed by atoms with Crippen molar-refractivity contribution in [3.05, 3.63) is 52.4 Å². The summed E-state index contributed by atoms with van der Waals surface area (Å²) in [7, 11) is -2.20. The fourth-order valence-corrected chi connectivity index (χ4v) is 5.30. The second-order valence-corrected chi connectivity index (χ2v) is 9.00. The largest absolute Gasteiger partial charge is 0.453 e. The van der Waals surface area contributed by atoms with Gasteiger partial charge in [-0.15, -0.1) is 11.3 Å². The van der Waals surface area contributed by atoms with Crippen molar-refractivity contribution in [1.82, 2.24) is 10.0 Å². The number of amides is 1. The highest BCUT2D eigenvalue weighted by Gasteiger charge is 2.27. The molecule has 1 unspecified atom stereocenters. The van der Waals surface area contributed by atoms with Gasteiger partial charge in [-0.3, -0.25) is 0 Å². The maximum atomic E-state index is 12.4. The molecule has 1 aliphatic carbocycles. The van der Waals surface area contributed by atoms with Gasteiger partial charge in [0.1, 0.15) is 4.21 Å². The lowest BCUT2D eigenvalue weighted by molar-refractivity contribution is 0.171. The summed E-state index contributed by atoms with van der Waals surface area (Å²) in [6.45, 7) is 0.815. The number of thiophene rings is 1. The van der Waals surface area contributed by atoms with E-state index in [1.165, 1.54) is 29.6 Å². The van der Waals surface area contributed by atoms with Gasteiger partial charge in [-0.2, -0.15) is 0 Å². The first-order chi connectivity index (χ1) is 12.0. The minimum atomic E-state index is -3.50. The van der Waals surface area contributed by atoms with E-state index in [4.69, 9.17) is 0 Å². The lowest BCUT2D eigenvalue weighted by Gasteiger charge is -2.30. The molecule has 0 saturated heterocycles. The number of fused-ring (bicyclic) bond motifs is 1. The Kier molecular flexibility index (Phi) is 5.41. The third-order valence-corrected chi connectivity index (χ3v) is 7.27. The van der Waals surface area contributed by atoms with Gasteiger partial charge in [-0.05, 0) is 36.1 Å². The summed E-state index contributed by atoms with van der Waals surface area (Å²) in [5.74, 6) is 0.245. The number of benzene rings is 1. The van der Waals surface area contributed by atoms with Crippen LogP contribution in [-0.4, -0.2) is 34.7 Å². The molecule has 0 aliphatic heterocycles. The SMILES string of the molecule is COC(=O)NCCc1ccc(S(=O)(=O)NCC2Cc3ccccc32)s1. The fraction of sp³-hybridized carbons (Fsp3) is 0.353. The highest BCUT2D eigenvalue weighted by Crippen LogP contribution is 2.34. The molecule has 1 aromatic heterocycles. The fourth-order valence-electron chi connectivity index (χ4n) is 2.82. The zero-order valence-electron chi connectivity index (χ0n) is 13.8. The summed E-state index contributed by atoms with van der Waals surface area (Å²) in [5, 5.41) is 2.57. The number of sulfonamides is 1. The lowest BCUT2D eigenvalue weighted by atomic mass is 9.78. The first kappa shape index (κ1) is 17.9. The number of carbonyl (C=O) groups is 1. The molecule has 1 amide bonds. The average Bonchev–Trinajstić information content (AvgIpc) is 3.05. The molecule has 1 heterocycles. The Morgan fingerprint density at radius 3 is 2.84 bits per heavy atom. The van der Waals surface area contributed by atoms with Crippen molar-refractivity contribution >= 4 is 27.5 Å². The Labute approximate surface area is 151 Å². The van der Waals surface area contributed by atoms with Gasteiger partial charge >= 0.3 is 6.09 Å². The van der Waals surface area contributed by atoms with Crippen molar-refractivity contribution in [1.29, 1.82) is 0 Å². The number of alkyl carbamates (subject to hydrolysis) is 1. The maximum absolute atomic E-state index is 12.4. The third kappa shape index (κ3) is 4.20. The van der Waals surface area contributed by atoms with Crippen molar-refractivity contribution < 1.29 is 17.9 Å². The van der Waals surface area contributed by atoms with E-state index in [9.17, 15) is 13.2 Å². The Morgan fingerprint density at radius 1 is 1.28 bits per heavy atom. The molecule has 1 aromatic carbocycles. The maximum Gasteiger partial charge on any atom is 0.406 e. The van der Waals surface area contributed by atoms with Gasteiger partial charge in [0, 0.05) is 23.9 Å². The third-order valence-electron chi connectivity index (χ3n) is 4.21. The molecule has 1 aliphatic rings. The van der Waals surface area contributed by atoms with Gasteiger partial charge in [-0.1, -0.05) is 24.3 Å². The number of carbonyl (C=O) groups excluding carboxylic acids is 1. The molecule has 0 saturated carbocycles. The van der Waals surface area contributed by atoms with E-state index in [-0.39, 0.29) is 5.92 Å². The molecule has 3 rings (SSSR count). The smallest absolute Gasteiger partial charge is 0.406 e. The second-order valence-electron chi connectivity index (χ2n) is 5.84. The van der Waals surface area contributed by atoms with Gasteiger partial charge in [0.2, 0.25) is 10.0 Å². The molecule has 2 aromatic rings. The van der Waals surface area contributed by atoms with E-state index in [0.29, 0.717) is 23.7 Å². The van der Waals surface area contributed by atoms with Crippen molar-refractivity contribution in [2.45, 2.75) is 23.0 Å². The first-order valence-corrected chi connectivity index (χ1v) is 10.3. The number of hydrogen-bond donors (Lipinski definition) is 2. The van der Waals surface area contributed by atoms with Crippen LogP contribution >= 0.6 is 11.3 Å². The molecule has 0 bridgehead atoms. The summed E-state index contributed by atoms with van der Waals surface area (Å²) in [5.41, 5.74) is 2.52. The summed E-state index contributed by atoms with van der Waals surface area (Å²) in [6.07, 6.45) is 0.977. The predicted octanol–water partition coefficient (Wildman–Crippen LogP) is 2.26. The van der Waals surface area contributed by atoms with E-state index in [1.807, 2.05) is 12.1 Å². The highest BCUT2D eigenvalue weighted by atomic mass is 32.2. The molecule has 1 atom stereocenters. The van der Waals surface area contributed by atoms with E-state index >= 15 is 0 Å². The van der Waals surface area contributed by atoms with Crippen LogP contribution in [0.5, 0.6) is 0 Å². The molecule has 0 fully saturated rings. The number of ether oxygens (including phenoxy) is 1. The Balaban J connectivity index is 1.53. The minimum Gasteiger partial charge on any atom is -0.453 e. The minimum absolute atomic E-state index is 0.245. The van der Waals surface area contributed by atoms with Crippen molar-refractivity contribution in [3.8, 4) is 0 Å². The number of methoxy groups -OCH3 is 1. The number of hydrogen-bond acceptors (Lipinski definition) is 5. The standard InChI is InChI=1S/C17H20N2O4S2/c1-23-17(20)18-9-8-14-6-7-16(24-14)25(21,22)19-11-13-10-12-4-2-3-5-15(12)13/h2-7,13,19H,8-11H2,1H3,(H,18,20). The normalized spacial score (nSPS) is 16.0. The van der Waals surface area contributed by atoms with Crippen LogP contribution in [0.3, 0.4) is 0 Å². The molecule has 8 heteroatoms. The van der Waals surface area contributed by atoms with E-state index in [0.717, 1.165) is 11.3 Å². The monoisotopic (exact) mass is 380 g/mol. The van der Waals surface area contributed by atoms with Crippen molar-refractivity contribution in [2.24, 2.45) is 0 Å². The number of rotatable bonds is 7. The van der Waals surface area contributed by atoms with Gasteiger partial charge in [-0.25, -0.2) is 17.9 Å². The Morgan fingerprint density at radius 2 is 2.08 bits per heavy atom. The van der Waals surface area contributed by atoms with Crippen LogP contribution in [0.1, 0.15) is 21.9 Å². The molecule has 25 heavy (non-hydrogen) atoms. The van der Waals surface area contributed by atoms with E-state index < -0.39 is 16.1 Å². The van der Waals surface area contributed by atoms with Crippen molar-refractivity contribution in [2.75, 3.05) is 20.2 Å². The molecule has 0 radical (unpaired) electrons. The first-order valence-electron chi connectivity index (χ1n) is 7.97. The van der Waals surface area contributed by atoms with E-state index in [2.05, 4.69) is 26.9 Å². The quantitative estimate of drug-likeness (QED) is 0.772. The van der Waals surface area contributed by atoms with Gasteiger partial charge in [0.15, 0.2) is 0 Å². The molecular formula is C17H20N2O4S2. The van der Waals surface area contributed by atoms with Crippen LogP contribution < -0.4 is 10.0 Å². The molecular weight excluding hydrogens is 360 g/mol. The number of nitrogens with one attached hydrogen (secondary N) is 2. The van der Waals surface area contributed by atoms with Gasteiger partial charge in [0.05, 0.1) is 7.11 Å². The van der Waals surface area contributed by atoms with Gasteiger partial charge in [0.25, 0.3) is 0 Å². The molecule has 2 N–H and O–H groups in total. The molecule has 6 nitrogen and oxygen atoms in total. The highest BCUT2D eigenvalue weighted by molar-refractivity contribution is 7.91. The Hall–Kier alpha value is -1.90. The Bertz CT molecular complexity index is 861. The summed E-state index contributed by atoms with van der Waals surface area (Å²) in [6, 6.07) is 11.5. The molecule has 0 spiro atoms. The predicted molar refractivity (Wildman–Crippen MR) is 96.5 cm³/mol. The van der Waals surface area contributed by atoms with Crippen molar-refractivity contribution in [3.63, 3.8) is 0 Å². The van der Waals surface area contributed by atoms with Crippen LogP contribution in [0.2, 0.25) is 0 Å². The van der Waals surface area contributed by atoms with E-state index in [1.54, 1.807) is 12.1 Å². The zero-order valence-corrected chi connectivity index (χ0v) is 15.5. The lowest BCUT2D eigenvalue weighted by Crippen LogP contribution is -2.32. The summed E-state index contributed by atoms with van der Waals surface area (Å²) >= 11 is 1.22. The van der Waals surface area contributed by atoms with Crippen LogP contribution in [0.4, 0.5) is 4.79 Å². The zero-order chi connectivity index (χ0) is 17.9.